The van der Waals surface area contributed by atoms with Crippen LogP contribution in [0.3, 0.4) is 0 Å². The molecular formula is C28H24N4O3. The largest absolute Gasteiger partial charge is 0.480 e. The molecule has 0 unspecified atom stereocenters. The minimum atomic E-state index is -0.582. The van der Waals surface area contributed by atoms with Crippen molar-refractivity contribution in [3.8, 4) is 5.75 Å². The second-order valence-corrected chi connectivity index (χ2v) is 8.87. The molecule has 3 heterocycles. The molecule has 0 spiro atoms. The molecule has 2 atom stereocenters. The van der Waals surface area contributed by atoms with Crippen molar-refractivity contribution in [3.63, 3.8) is 0 Å². The van der Waals surface area contributed by atoms with E-state index in [0.717, 1.165) is 39.3 Å². The maximum Gasteiger partial charge on any atom is 0.378 e. The van der Waals surface area contributed by atoms with Crippen LogP contribution in [0, 0.1) is 13.8 Å². The number of anilines is 1. The van der Waals surface area contributed by atoms with E-state index in [1.165, 1.54) is 12.7 Å². The third kappa shape index (κ3) is 3.47. The van der Waals surface area contributed by atoms with E-state index in [4.69, 9.17) is 9.47 Å². The number of aryl methyl sites for hydroxylation is 2. The van der Waals surface area contributed by atoms with Gasteiger partial charge in [0.05, 0.1) is 12.8 Å². The van der Waals surface area contributed by atoms with Crippen molar-refractivity contribution in [3.05, 3.63) is 112 Å². The first-order valence-corrected chi connectivity index (χ1v) is 11.5. The zero-order valence-corrected chi connectivity index (χ0v) is 19.6. The predicted octanol–water partition coefficient (Wildman–Crippen LogP) is 5.24. The smallest absolute Gasteiger partial charge is 0.378 e. The summed E-state index contributed by atoms with van der Waals surface area (Å²) < 4.78 is 13.3. The normalized spacial score (nSPS) is 18.0. The van der Waals surface area contributed by atoms with Crippen LogP contribution < -0.4 is 10.1 Å². The summed E-state index contributed by atoms with van der Waals surface area (Å²) >= 11 is 0. The number of hydrogen-bond donors (Lipinski definition) is 1. The van der Waals surface area contributed by atoms with Gasteiger partial charge >= 0.3 is 5.97 Å². The average molecular weight is 465 g/mol. The van der Waals surface area contributed by atoms with Crippen molar-refractivity contribution in [2.75, 3.05) is 12.4 Å². The van der Waals surface area contributed by atoms with Gasteiger partial charge < -0.3 is 14.8 Å². The van der Waals surface area contributed by atoms with Crippen LogP contribution in [0.15, 0.2) is 78.4 Å². The first-order valence-electron chi connectivity index (χ1n) is 11.5. The number of para-hydroxylation sites is 1. The molecule has 7 heteroatoms. The molecule has 0 fully saturated rings. The number of carbonyl (C=O) groups excluding carboxylic acids is 1. The third-order valence-corrected chi connectivity index (χ3v) is 6.52. The number of nitrogens with zero attached hydrogens (tertiary/aromatic N) is 3. The Morgan fingerprint density at radius 2 is 1.60 bits per heavy atom. The summed E-state index contributed by atoms with van der Waals surface area (Å²) in [6.45, 7) is 4.13. The number of hydrogen-bond acceptors (Lipinski definition) is 6. The van der Waals surface area contributed by atoms with Crippen LogP contribution in [0.2, 0.25) is 0 Å². The molecule has 2 aliphatic heterocycles. The molecule has 0 bridgehead atoms. The van der Waals surface area contributed by atoms with Crippen molar-refractivity contribution in [2.24, 2.45) is 0 Å². The second kappa shape index (κ2) is 8.13. The molecule has 3 aromatic carbocycles. The summed E-state index contributed by atoms with van der Waals surface area (Å²) in [6, 6.07) is 24.3. The first kappa shape index (κ1) is 21.2. The quantitative estimate of drug-likeness (QED) is 0.418. The molecular weight excluding hydrogens is 440 g/mol. The summed E-state index contributed by atoms with van der Waals surface area (Å²) in [5.41, 5.74) is 7.26. The van der Waals surface area contributed by atoms with Gasteiger partial charge in [0.15, 0.2) is 0 Å². The van der Waals surface area contributed by atoms with Gasteiger partial charge in [0, 0.05) is 11.1 Å². The van der Waals surface area contributed by atoms with E-state index in [1.807, 2.05) is 24.3 Å². The Hall–Kier alpha value is -4.39. The number of nitrogens with one attached hydrogen (secondary N) is 1. The van der Waals surface area contributed by atoms with Crippen LogP contribution >= 0.6 is 0 Å². The van der Waals surface area contributed by atoms with E-state index in [2.05, 4.69) is 77.8 Å². The van der Waals surface area contributed by atoms with Gasteiger partial charge in [-0.15, -0.1) is 5.10 Å². The van der Waals surface area contributed by atoms with Crippen molar-refractivity contribution in [1.29, 1.82) is 0 Å². The monoisotopic (exact) mass is 464 g/mol. The van der Waals surface area contributed by atoms with Gasteiger partial charge in [-0.2, -0.15) is 4.98 Å². The van der Waals surface area contributed by atoms with E-state index in [9.17, 15) is 4.79 Å². The Morgan fingerprint density at radius 3 is 2.29 bits per heavy atom. The molecule has 0 amide bonds. The summed E-state index contributed by atoms with van der Waals surface area (Å²) in [6.07, 6.45) is -0.363. The topological polar surface area (TPSA) is 78.3 Å². The Bertz CT molecular complexity index is 1470. The van der Waals surface area contributed by atoms with Crippen LogP contribution in [-0.2, 0) is 4.74 Å². The molecule has 4 aromatic rings. The molecule has 0 aliphatic carbocycles. The van der Waals surface area contributed by atoms with Gasteiger partial charge in [-0.3, -0.25) is 0 Å². The van der Waals surface area contributed by atoms with Crippen LogP contribution in [0.25, 0.3) is 5.70 Å². The van der Waals surface area contributed by atoms with Crippen LogP contribution in [0.5, 0.6) is 5.75 Å². The first-order chi connectivity index (χ1) is 17.0. The molecule has 1 aromatic heterocycles. The molecule has 2 aliphatic rings. The molecule has 6 rings (SSSR count). The molecule has 0 saturated carbocycles. The number of methoxy groups -OCH3 is 1. The highest BCUT2D eigenvalue weighted by molar-refractivity contribution is 5.88. The summed E-state index contributed by atoms with van der Waals surface area (Å²) in [4.78, 5) is 16.8. The van der Waals surface area contributed by atoms with E-state index in [0.29, 0.717) is 5.95 Å². The lowest BCUT2D eigenvalue weighted by atomic mass is 9.84. The molecule has 0 radical (unpaired) electrons. The fourth-order valence-electron chi connectivity index (χ4n) is 4.74. The zero-order valence-electron chi connectivity index (χ0n) is 19.6. The second-order valence-electron chi connectivity index (χ2n) is 8.87. The Morgan fingerprint density at radius 1 is 0.943 bits per heavy atom. The van der Waals surface area contributed by atoms with Gasteiger partial charge in [0.2, 0.25) is 5.95 Å². The predicted molar refractivity (Wildman–Crippen MR) is 132 cm³/mol. The van der Waals surface area contributed by atoms with Crippen LogP contribution in [0.1, 0.15) is 50.6 Å². The van der Waals surface area contributed by atoms with E-state index < -0.39 is 5.97 Å². The van der Waals surface area contributed by atoms with Crippen molar-refractivity contribution in [2.45, 2.75) is 26.0 Å². The zero-order chi connectivity index (χ0) is 24.1. The maximum atomic E-state index is 12.3. The average Bonchev–Trinajstić information content (AvgIpc) is 3.31. The van der Waals surface area contributed by atoms with E-state index >= 15 is 0 Å². The number of benzene rings is 3. The lowest BCUT2D eigenvalue weighted by molar-refractivity contribution is 0.0586. The third-order valence-electron chi connectivity index (χ3n) is 6.52. The van der Waals surface area contributed by atoms with E-state index in [1.54, 1.807) is 4.68 Å². The molecule has 1 N–H and O–H groups in total. The Labute approximate surface area is 203 Å². The maximum absolute atomic E-state index is 12.3. The van der Waals surface area contributed by atoms with Crippen molar-refractivity contribution < 1.29 is 14.3 Å². The van der Waals surface area contributed by atoms with Crippen molar-refractivity contribution >= 4 is 17.6 Å². The van der Waals surface area contributed by atoms with Gasteiger partial charge in [0.1, 0.15) is 17.9 Å². The van der Waals surface area contributed by atoms with Gasteiger partial charge in [0.25, 0.3) is 5.82 Å². The number of aromatic nitrogens is 3. The lowest BCUT2D eigenvalue weighted by Crippen LogP contribution is -2.32. The Kier molecular flexibility index (Phi) is 4.91. The molecule has 0 saturated heterocycles. The fourth-order valence-corrected chi connectivity index (χ4v) is 4.74. The molecule has 35 heavy (non-hydrogen) atoms. The standard InChI is InChI=1S/C28H24N4O3/c1-16-8-12-18(13-9-16)24-22-23(29-28-30-26(27(33)34-3)31-32(24)28)20-6-4-5-7-21(20)35-25(22)19-14-10-17(2)11-15-19/h4-15,24-25H,1-3H3,(H,29,30,31)/t24-,25+/m1/s1. The SMILES string of the molecule is COC(=O)c1nc2n(n1)[C@H](c1ccc(C)cc1)C1=C(N2)c2ccccc2O[C@H]1c1ccc(C)cc1. The van der Waals surface area contributed by atoms with E-state index in [-0.39, 0.29) is 18.0 Å². The van der Waals surface area contributed by atoms with Crippen LogP contribution in [-0.4, -0.2) is 27.8 Å². The number of fused-ring (bicyclic) bond motifs is 3. The van der Waals surface area contributed by atoms with Gasteiger partial charge in [-0.05, 0) is 37.1 Å². The summed E-state index contributed by atoms with van der Waals surface area (Å²) in [5, 5.41) is 8.03. The summed E-state index contributed by atoms with van der Waals surface area (Å²) in [7, 11) is 1.33. The number of esters is 1. The number of ether oxygens (including phenoxy) is 2. The highest BCUT2D eigenvalue weighted by Crippen LogP contribution is 2.50. The Balaban J connectivity index is 1.62. The molecule has 174 valence electrons. The number of carbonyl (C=O) groups is 1. The molecule has 7 nitrogen and oxygen atoms in total. The van der Waals surface area contributed by atoms with Crippen LogP contribution in [0.4, 0.5) is 5.95 Å². The fraction of sp³-hybridized carbons (Fsp3) is 0.179. The summed E-state index contributed by atoms with van der Waals surface area (Å²) in [5.74, 6) is 0.691. The minimum Gasteiger partial charge on any atom is -0.480 e. The lowest BCUT2D eigenvalue weighted by Gasteiger charge is -2.39. The van der Waals surface area contributed by atoms with Gasteiger partial charge in [-0.25, -0.2) is 9.48 Å². The van der Waals surface area contributed by atoms with Crippen molar-refractivity contribution in [1.82, 2.24) is 14.8 Å². The highest BCUT2D eigenvalue weighted by atomic mass is 16.5. The number of rotatable bonds is 3. The minimum absolute atomic E-state index is 0.00745. The van der Waals surface area contributed by atoms with Gasteiger partial charge in [-0.1, -0.05) is 71.8 Å². The highest BCUT2D eigenvalue weighted by Gasteiger charge is 2.41.